The summed E-state index contributed by atoms with van der Waals surface area (Å²) in [6.45, 7) is 1.10. The number of hydrogen-bond donors (Lipinski definition) is 2. The Hall–Kier alpha value is -2.88. The van der Waals surface area contributed by atoms with Crippen LogP contribution < -0.4 is 15.2 Å². The molecule has 3 aromatic rings. The molecular weight excluding hydrogens is 441 g/mol. The highest BCUT2D eigenvalue weighted by Gasteiger charge is 2.25. The van der Waals surface area contributed by atoms with E-state index in [-0.39, 0.29) is 31.8 Å². The Morgan fingerprint density at radius 1 is 1.07 bits per heavy atom. The molecule has 9 nitrogen and oxygen atoms in total. The van der Waals surface area contributed by atoms with Gasteiger partial charge in [-0.25, -0.2) is 9.59 Å². The molecule has 0 aliphatic rings. The Bertz CT molecular complexity index is 1180. The number of nitrogens with zero attached hydrogens (tertiary/aromatic N) is 1. The quantitative estimate of drug-likeness (QED) is 0.271. The lowest BCUT2D eigenvalue weighted by molar-refractivity contribution is -0.131. The van der Waals surface area contributed by atoms with Crippen LogP contribution in [0.25, 0.3) is 11.0 Å². The number of rotatable bonds is 3. The van der Waals surface area contributed by atoms with Crippen molar-refractivity contribution in [2.75, 3.05) is 0 Å². The van der Waals surface area contributed by atoms with E-state index in [0.29, 0.717) is 4.73 Å². The van der Waals surface area contributed by atoms with Crippen molar-refractivity contribution in [1.29, 1.82) is 0 Å². The summed E-state index contributed by atoms with van der Waals surface area (Å²) in [4.78, 5) is 40.4. The summed E-state index contributed by atoms with van der Waals surface area (Å²) >= 11 is 18.3. The van der Waals surface area contributed by atoms with E-state index in [1.807, 2.05) is 0 Å². The van der Waals surface area contributed by atoms with Crippen LogP contribution in [0, 0.1) is 0 Å². The minimum atomic E-state index is -1.27. The number of halogens is 3. The van der Waals surface area contributed by atoms with E-state index in [0.717, 1.165) is 25.1 Å². The number of esters is 1. The smallest absolute Gasteiger partial charge is 0.371 e. The Morgan fingerprint density at radius 2 is 1.68 bits per heavy atom. The van der Waals surface area contributed by atoms with Gasteiger partial charge in [-0.15, -0.1) is 4.73 Å². The van der Waals surface area contributed by atoms with Crippen LogP contribution in [0.15, 0.2) is 27.4 Å². The van der Waals surface area contributed by atoms with Crippen molar-refractivity contribution in [3.05, 3.63) is 49.3 Å². The number of aromatic nitrogens is 1. The molecule has 1 aromatic carbocycles. The van der Waals surface area contributed by atoms with Crippen LogP contribution in [-0.4, -0.2) is 26.9 Å². The molecule has 2 aromatic heterocycles. The lowest BCUT2D eigenvalue weighted by atomic mass is 10.1. The summed E-state index contributed by atoms with van der Waals surface area (Å²) in [7, 11) is 0. The lowest BCUT2D eigenvalue weighted by Gasteiger charge is -2.12. The van der Waals surface area contributed by atoms with Crippen LogP contribution in [-0.2, 0) is 4.79 Å². The third-order valence-corrected chi connectivity index (χ3v) is 4.61. The highest BCUT2D eigenvalue weighted by molar-refractivity contribution is 6.49. The SMILES string of the molecule is CC(=O)Oc1c(Cl)c(Cl)c2cc(C(=O)On3c(O)ccc3O)c(=O)oc2c1Cl. The van der Waals surface area contributed by atoms with Crippen LogP contribution >= 0.6 is 34.8 Å². The van der Waals surface area contributed by atoms with Gasteiger partial charge in [0.2, 0.25) is 11.8 Å². The van der Waals surface area contributed by atoms with Crippen molar-refractivity contribution in [3.63, 3.8) is 0 Å². The standard InChI is InChI=1S/C16H8Cl3NO8/c1-5(21)26-14-11(18)10(17)6-4-7(15(24)27-13(6)12(14)19)16(25)28-20-8(22)2-3-9(20)23/h2-4,22-23H,1H3. The van der Waals surface area contributed by atoms with E-state index in [9.17, 15) is 24.6 Å². The minimum absolute atomic E-state index is 0.0416. The molecule has 28 heavy (non-hydrogen) atoms. The number of ether oxygens (including phenoxy) is 1. The lowest BCUT2D eigenvalue weighted by Crippen LogP contribution is -2.24. The number of benzene rings is 1. The van der Waals surface area contributed by atoms with E-state index >= 15 is 0 Å². The number of hydrogen-bond acceptors (Lipinski definition) is 8. The zero-order chi connectivity index (χ0) is 20.7. The highest BCUT2D eigenvalue weighted by atomic mass is 35.5. The maximum absolute atomic E-state index is 12.3. The van der Waals surface area contributed by atoms with Gasteiger partial charge in [0.15, 0.2) is 11.3 Å². The number of carbonyl (C=O) groups excluding carboxylic acids is 2. The molecule has 0 amide bonds. The second-order valence-corrected chi connectivity index (χ2v) is 6.41. The van der Waals surface area contributed by atoms with E-state index in [4.69, 9.17) is 48.8 Å². The van der Waals surface area contributed by atoms with Gasteiger partial charge in [-0.05, 0) is 6.07 Å². The summed E-state index contributed by atoms with van der Waals surface area (Å²) in [6.07, 6.45) is 0. The minimum Gasteiger partial charge on any atom is -0.492 e. The van der Waals surface area contributed by atoms with E-state index < -0.39 is 34.9 Å². The first-order chi connectivity index (χ1) is 13.1. The van der Waals surface area contributed by atoms with E-state index in [2.05, 4.69) is 0 Å². The molecule has 0 fully saturated rings. The largest absolute Gasteiger partial charge is 0.492 e. The zero-order valence-electron chi connectivity index (χ0n) is 13.7. The second kappa shape index (κ2) is 7.27. The third-order valence-electron chi connectivity index (χ3n) is 3.41. The van der Waals surface area contributed by atoms with Gasteiger partial charge in [0, 0.05) is 24.4 Å². The fourth-order valence-corrected chi connectivity index (χ4v) is 3.00. The van der Waals surface area contributed by atoms with E-state index in [1.54, 1.807) is 0 Å². The highest BCUT2D eigenvalue weighted by Crippen LogP contribution is 2.45. The zero-order valence-corrected chi connectivity index (χ0v) is 15.9. The molecule has 2 heterocycles. The summed E-state index contributed by atoms with van der Waals surface area (Å²) in [5.74, 6) is -3.51. The number of aromatic hydroxyl groups is 2. The van der Waals surface area contributed by atoms with Gasteiger partial charge in [0.25, 0.3) is 0 Å². The monoisotopic (exact) mass is 447 g/mol. The number of carbonyl (C=O) groups is 2. The van der Waals surface area contributed by atoms with Crippen molar-refractivity contribution in [3.8, 4) is 17.5 Å². The first-order valence-electron chi connectivity index (χ1n) is 7.26. The molecule has 0 aliphatic heterocycles. The second-order valence-electron chi connectivity index (χ2n) is 5.28. The van der Waals surface area contributed by atoms with Gasteiger partial charge in [-0.1, -0.05) is 34.8 Å². The van der Waals surface area contributed by atoms with Crippen molar-refractivity contribution >= 4 is 57.7 Å². The summed E-state index contributed by atoms with van der Waals surface area (Å²) in [5, 5.41) is 18.2. The molecular formula is C16H8Cl3NO8. The molecule has 0 spiro atoms. The van der Waals surface area contributed by atoms with Gasteiger partial charge in [-0.3, -0.25) is 4.79 Å². The van der Waals surface area contributed by atoms with Gasteiger partial charge < -0.3 is 24.2 Å². The van der Waals surface area contributed by atoms with Gasteiger partial charge >= 0.3 is 17.6 Å². The van der Waals surface area contributed by atoms with Crippen LogP contribution in [0.2, 0.25) is 15.1 Å². The summed E-state index contributed by atoms with van der Waals surface area (Å²) < 4.78 is 10.3. The molecule has 0 radical (unpaired) electrons. The predicted molar refractivity (Wildman–Crippen MR) is 97.5 cm³/mol. The maximum Gasteiger partial charge on any atom is 0.371 e. The fourth-order valence-electron chi connectivity index (χ4n) is 2.22. The van der Waals surface area contributed by atoms with Crippen molar-refractivity contribution in [1.82, 2.24) is 4.73 Å². The van der Waals surface area contributed by atoms with Crippen LogP contribution in [0.5, 0.6) is 17.5 Å². The molecule has 0 saturated heterocycles. The van der Waals surface area contributed by atoms with Crippen molar-refractivity contribution in [2.45, 2.75) is 6.92 Å². The average Bonchev–Trinajstić information content (AvgIpc) is 2.94. The molecule has 3 rings (SSSR count). The third kappa shape index (κ3) is 3.35. The fraction of sp³-hybridized carbons (Fsp3) is 0.0625. The van der Waals surface area contributed by atoms with Crippen molar-refractivity contribution < 1.29 is 33.8 Å². The molecule has 0 bridgehead atoms. The maximum atomic E-state index is 12.3. The average molecular weight is 449 g/mol. The number of fused-ring (bicyclic) bond motifs is 1. The van der Waals surface area contributed by atoms with Gasteiger partial charge in [0.1, 0.15) is 15.6 Å². The molecule has 0 atom stereocenters. The van der Waals surface area contributed by atoms with Crippen LogP contribution in [0.4, 0.5) is 0 Å². The van der Waals surface area contributed by atoms with Crippen LogP contribution in [0.3, 0.4) is 0 Å². The first-order valence-corrected chi connectivity index (χ1v) is 8.40. The predicted octanol–water partition coefficient (Wildman–Crippen LogP) is 3.16. The summed E-state index contributed by atoms with van der Waals surface area (Å²) in [5.41, 5.74) is -2.08. The summed E-state index contributed by atoms with van der Waals surface area (Å²) in [6, 6.07) is 3.11. The Labute approximate surface area is 170 Å². The van der Waals surface area contributed by atoms with Crippen LogP contribution in [0.1, 0.15) is 17.3 Å². The van der Waals surface area contributed by atoms with Gasteiger partial charge in [0.05, 0.1) is 5.02 Å². The topological polar surface area (TPSA) is 128 Å². The van der Waals surface area contributed by atoms with E-state index in [1.165, 1.54) is 0 Å². The molecule has 0 unspecified atom stereocenters. The van der Waals surface area contributed by atoms with Crippen molar-refractivity contribution in [2.24, 2.45) is 0 Å². The molecule has 0 saturated carbocycles. The first kappa shape index (κ1) is 19.9. The molecule has 12 heteroatoms. The Kier molecular flexibility index (Phi) is 5.16. The normalized spacial score (nSPS) is 10.9. The Balaban J connectivity index is 2.15. The molecule has 2 N–H and O–H groups in total. The van der Waals surface area contributed by atoms with Gasteiger partial charge in [-0.2, -0.15) is 0 Å². The molecule has 0 aliphatic carbocycles. The molecule has 146 valence electrons. The Morgan fingerprint density at radius 3 is 2.25 bits per heavy atom.